The van der Waals surface area contributed by atoms with E-state index < -0.39 is 0 Å². The number of anilines is 1. The van der Waals surface area contributed by atoms with Crippen LogP contribution in [0.25, 0.3) is 6.08 Å². The first kappa shape index (κ1) is 10.0. The molecule has 0 unspecified atom stereocenters. The molecule has 0 saturated carbocycles. The van der Waals surface area contributed by atoms with Gasteiger partial charge in [-0.2, -0.15) is 0 Å². The highest BCUT2D eigenvalue weighted by molar-refractivity contribution is 5.85. The van der Waals surface area contributed by atoms with E-state index in [0.29, 0.717) is 0 Å². The number of halogens is 1. The van der Waals surface area contributed by atoms with Crippen LogP contribution in [0.2, 0.25) is 0 Å². The lowest BCUT2D eigenvalue weighted by atomic mass is 10.2. The van der Waals surface area contributed by atoms with Crippen molar-refractivity contribution >= 4 is 24.2 Å². The molecule has 1 rings (SSSR count). The molecule has 2 heteroatoms. The van der Waals surface area contributed by atoms with Gasteiger partial charge in [-0.3, -0.25) is 0 Å². The van der Waals surface area contributed by atoms with Crippen molar-refractivity contribution in [1.82, 2.24) is 0 Å². The summed E-state index contributed by atoms with van der Waals surface area (Å²) < 4.78 is 0. The summed E-state index contributed by atoms with van der Waals surface area (Å²) in [6.45, 7) is 2.00. The molecule has 0 atom stereocenters. The number of rotatable bonds is 1. The predicted molar refractivity (Wildman–Crippen MR) is 52.8 cm³/mol. The Morgan fingerprint density at radius 2 is 1.73 bits per heavy atom. The molecule has 11 heavy (non-hydrogen) atoms. The summed E-state index contributed by atoms with van der Waals surface area (Å²) in [5.74, 6) is 0. The van der Waals surface area contributed by atoms with Crippen LogP contribution in [0.1, 0.15) is 12.5 Å². The quantitative estimate of drug-likeness (QED) is 0.643. The summed E-state index contributed by atoms with van der Waals surface area (Å²) in [5.41, 5.74) is 7.50. The first-order valence-electron chi connectivity index (χ1n) is 3.31. The third-order valence-electron chi connectivity index (χ3n) is 1.30. The molecule has 0 saturated heterocycles. The van der Waals surface area contributed by atoms with Crippen LogP contribution in [0.4, 0.5) is 5.69 Å². The Morgan fingerprint density at radius 1 is 1.18 bits per heavy atom. The van der Waals surface area contributed by atoms with Crippen LogP contribution in [0.5, 0.6) is 0 Å². The lowest BCUT2D eigenvalue weighted by Crippen LogP contribution is -1.82. The average Bonchev–Trinajstić information content (AvgIpc) is 1.95. The van der Waals surface area contributed by atoms with Gasteiger partial charge >= 0.3 is 0 Å². The van der Waals surface area contributed by atoms with Gasteiger partial charge in [0.25, 0.3) is 0 Å². The second-order valence-electron chi connectivity index (χ2n) is 2.17. The van der Waals surface area contributed by atoms with Crippen molar-refractivity contribution in [2.75, 3.05) is 5.73 Å². The maximum atomic E-state index is 5.50. The topological polar surface area (TPSA) is 26.0 Å². The molecule has 1 nitrogen and oxygen atoms in total. The summed E-state index contributed by atoms with van der Waals surface area (Å²) in [7, 11) is 0. The highest BCUT2D eigenvalue weighted by Crippen LogP contribution is 2.06. The second kappa shape index (κ2) is 4.80. The van der Waals surface area contributed by atoms with Crippen LogP contribution in [0.3, 0.4) is 0 Å². The molecule has 0 aromatic heterocycles. The van der Waals surface area contributed by atoms with Gasteiger partial charge in [-0.1, -0.05) is 24.3 Å². The van der Waals surface area contributed by atoms with E-state index in [4.69, 9.17) is 5.73 Å². The zero-order valence-electron chi connectivity index (χ0n) is 6.45. The van der Waals surface area contributed by atoms with Crippen LogP contribution < -0.4 is 5.73 Å². The van der Waals surface area contributed by atoms with Gasteiger partial charge in [0.1, 0.15) is 0 Å². The van der Waals surface area contributed by atoms with E-state index in [1.54, 1.807) is 0 Å². The highest BCUT2D eigenvalue weighted by atomic mass is 35.5. The van der Waals surface area contributed by atoms with Gasteiger partial charge in [0, 0.05) is 5.69 Å². The standard InChI is InChI=1S/C9H11N.ClH/c1-2-3-8-4-6-9(10)7-5-8;/h2-7H,10H2,1H3;1H. The highest BCUT2D eigenvalue weighted by Gasteiger charge is 1.83. The number of hydrogen-bond donors (Lipinski definition) is 1. The second-order valence-corrected chi connectivity index (χ2v) is 2.17. The molecule has 0 heterocycles. The maximum absolute atomic E-state index is 5.50. The summed E-state index contributed by atoms with van der Waals surface area (Å²) in [6.07, 6.45) is 4.05. The third-order valence-corrected chi connectivity index (χ3v) is 1.30. The molecule has 0 aliphatic carbocycles. The molecule has 60 valence electrons. The van der Waals surface area contributed by atoms with E-state index in [1.165, 1.54) is 5.56 Å². The Morgan fingerprint density at radius 3 is 2.18 bits per heavy atom. The van der Waals surface area contributed by atoms with Gasteiger partial charge in [-0.15, -0.1) is 12.4 Å². The van der Waals surface area contributed by atoms with Crippen LogP contribution >= 0.6 is 12.4 Å². The fraction of sp³-hybridized carbons (Fsp3) is 0.111. The Balaban J connectivity index is 0.000001000. The molecule has 1 aromatic carbocycles. The summed E-state index contributed by atoms with van der Waals surface area (Å²) in [5, 5.41) is 0. The van der Waals surface area contributed by atoms with E-state index >= 15 is 0 Å². The van der Waals surface area contributed by atoms with Crippen molar-refractivity contribution in [2.45, 2.75) is 6.92 Å². The summed E-state index contributed by atoms with van der Waals surface area (Å²) >= 11 is 0. The van der Waals surface area contributed by atoms with Crippen LogP contribution in [0, 0.1) is 0 Å². The van der Waals surface area contributed by atoms with Gasteiger partial charge in [0.05, 0.1) is 0 Å². The van der Waals surface area contributed by atoms with Crippen LogP contribution in [-0.4, -0.2) is 0 Å². The summed E-state index contributed by atoms with van der Waals surface area (Å²) in [6, 6.07) is 7.79. The van der Waals surface area contributed by atoms with Crippen molar-refractivity contribution in [3.63, 3.8) is 0 Å². The molecule has 1 aromatic rings. The summed E-state index contributed by atoms with van der Waals surface area (Å²) in [4.78, 5) is 0. The Bertz CT molecular complexity index is 226. The zero-order chi connectivity index (χ0) is 7.40. The van der Waals surface area contributed by atoms with Gasteiger partial charge in [-0.05, 0) is 24.6 Å². The van der Waals surface area contributed by atoms with Crippen molar-refractivity contribution in [3.8, 4) is 0 Å². The molecule has 0 aliphatic rings. The predicted octanol–water partition coefficient (Wildman–Crippen LogP) is 2.72. The van der Waals surface area contributed by atoms with E-state index in [0.717, 1.165) is 5.69 Å². The van der Waals surface area contributed by atoms with E-state index in [-0.39, 0.29) is 12.4 Å². The average molecular weight is 170 g/mol. The van der Waals surface area contributed by atoms with Crippen LogP contribution in [-0.2, 0) is 0 Å². The normalized spacial score (nSPS) is 9.55. The minimum absolute atomic E-state index is 0. The fourth-order valence-electron chi connectivity index (χ4n) is 0.800. The molecule has 0 aliphatic heterocycles. The first-order valence-corrected chi connectivity index (χ1v) is 3.31. The number of nitrogen functional groups attached to an aromatic ring is 1. The van der Waals surface area contributed by atoms with Crippen molar-refractivity contribution in [3.05, 3.63) is 35.9 Å². The van der Waals surface area contributed by atoms with Crippen LogP contribution in [0.15, 0.2) is 30.3 Å². The molecule has 2 N–H and O–H groups in total. The van der Waals surface area contributed by atoms with E-state index in [1.807, 2.05) is 43.3 Å². The number of allylic oxidation sites excluding steroid dienone is 1. The fourth-order valence-corrected chi connectivity index (χ4v) is 0.800. The molecular weight excluding hydrogens is 158 g/mol. The Hall–Kier alpha value is -0.950. The SMILES string of the molecule is CC=Cc1ccc(N)cc1.Cl. The van der Waals surface area contributed by atoms with Crippen molar-refractivity contribution in [1.29, 1.82) is 0 Å². The minimum Gasteiger partial charge on any atom is -0.399 e. The number of nitrogens with two attached hydrogens (primary N) is 1. The lowest BCUT2D eigenvalue weighted by molar-refractivity contribution is 1.63. The Kier molecular flexibility index (Phi) is 4.39. The van der Waals surface area contributed by atoms with E-state index in [2.05, 4.69) is 0 Å². The zero-order valence-corrected chi connectivity index (χ0v) is 7.27. The molecule has 0 radical (unpaired) electrons. The van der Waals surface area contributed by atoms with Gasteiger partial charge in [-0.25, -0.2) is 0 Å². The Labute approximate surface area is 73.3 Å². The van der Waals surface area contributed by atoms with Gasteiger partial charge < -0.3 is 5.73 Å². The van der Waals surface area contributed by atoms with Crippen molar-refractivity contribution in [2.24, 2.45) is 0 Å². The molecular formula is C9H12ClN. The van der Waals surface area contributed by atoms with Gasteiger partial charge in [0.2, 0.25) is 0 Å². The molecule has 0 bridgehead atoms. The monoisotopic (exact) mass is 169 g/mol. The molecule has 0 spiro atoms. The number of benzene rings is 1. The minimum atomic E-state index is 0. The smallest absolute Gasteiger partial charge is 0.0314 e. The van der Waals surface area contributed by atoms with Crippen molar-refractivity contribution < 1.29 is 0 Å². The van der Waals surface area contributed by atoms with Gasteiger partial charge in [0.15, 0.2) is 0 Å². The number of hydrogen-bond acceptors (Lipinski definition) is 1. The lowest BCUT2D eigenvalue weighted by Gasteiger charge is -1.92. The molecule has 0 fully saturated rings. The first-order chi connectivity index (χ1) is 4.83. The third kappa shape index (κ3) is 3.10. The maximum Gasteiger partial charge on any atom is 0.0314 e. The largest absolute Gasteiger partial charge is 0.399 e. The van der Waals surface area contributed by atoms with E-state index in [9.17, 15) is 0 Å². The molecule has 0 amide bonds.